The van der Waals surface area contributed by atoms with Gasteiger partial charge in [0, 0.05) is 32.0 Å². The average molecular weight is 269 g/mol. The maximum absolute atomic E-state index is 5.24. The Morgan fingerprint density at radius 1 is 1.35 bits per heavy atom. The predicted octanol–water partition coefficient (Wildman–Crippen LogP) is 2.69. The Morgan fingerprint density at radius 3 is 3.10 bits per heavy atom. The number of fused-ring (bicyclic) bond motifs is 1. The van der Waals surface area contributed by atoms with Gasteiger partial charge in [0.15, 0.2) is 0 Å². The van der Waals surface area contributed by atoms with E-state index in [1.807, 2.05) is 12.1 Å². The molecule has 0 unspecified atom stereocenters. The molecule has 0 amide bonds. The molecule has 1 aromatic carbocycles. The highest BCUT2D eigenvalue weighted by Crippen LogP contribution is 2.28. The molecule has 0 aliphatic carbocycles. The Morgan fingerprint density at radius 2 is 2.25 bits per heavy atom. The summed E-state index contributed by atoms with van der Waals surface area (Å²) in [5.41, 5.74) is 5.00. The molecule has 1 aliphatic rings. The number of hydrogen-bond acceptors (Lipinski definition) is 4. The van der Waals surface area contributed by atoms with Crippen LogP contribution in [0.15, 0.2) is 36.5 Å². The van der Waals surface area contributed by atoms with E-state index in [4.69, 9.17) is 4.74 Å². The molecule has 4 heteroatoms. The van der Waals surface area contributed by atoms with E-state index in [0.717, 1.165) is 25.2 Å². The molecule has 0 atom stereocenters. The summed E-state index contributed by atoms with van der Waals surface area (Å²) in [4.78, 5) is 6.49. The van der Waals surface area contributed by atoms with Gasteiger partial charge >= 0.3 is 0 Å². The first-order chi connectivity index (χ1) is 9.78. The van der Waals surface area contributed by atoms with Crippen molar-refractivity contribution in [2.45, 2.75) is 13.0 Å². The maximum atomic E-state index is 5.24. The summed E-state index contributed by atoms with van der Waals surface area (Å²) in [5, 5.41) is 3.38. The van der Waals surface area contributed by atoms with Crippen LogP contribution in [0.2, 0.25) is 0 Å². The average Bonchev–Trinajstić information content (AvgIpc) is 2.86. The third-order valence-electron chi connectivity index (χ3n) is 3.72. The van der Waals surface area contributed by atoms with Gasteiger partial charge in [0.2, 0.25) is 5.88 Å². The zero-order valence-electron chi connectivity index (χ0n) is 11.9. The van der Waals surface area contributed by atoms with Crippen LogP contribution in [0.3, 0.4) is 0 Å². The highest BCUT2D eigenvalue weighted by molar-refractivity contribution is 5.59. The Labute approximate surface area is 119 Å². The minimum Gasteiger partial charge on any atom is -0.480 e. The molecule has 2 heterocycles. The van der Waals surface area contributed by atoms with E-state index in [2.05, 4.69) is 40.4 Å². The molecule has 0 fully saturated rings. The van der Waals surface area contributed by atoms with Crippen molar-refractivity contribution in [2.75, 3.05) is 30.9 Å². The molecular formula is C16H19N3O. The predicted molar refractivity (Wildman–Crippen MR) is 81.5 cm³/mol. The number of likely N-dealkylation sites (N-methyl/N-ethyl adjacent to an activating group) is 1. The monoisotopic (exact) mass is 269 g/mol. The molecule has 3 rings (SSSR count). The Balaban J connectivity index is 1.73. The fourth-order valence-corrected chi connectivity index (χ4v) is 2.62. The van der Waals surface area contributed by atoms with Gasteiger partial charge in [0.05, 0.1) is 12.8 Å². The Hall–Kier alpha value is -2.23. The summed E-state index contributed by atoms with van der Waals surface area (Å²) >= 11 is 0. The number of rotatable bonds is 4. The van der Waals surface area contributed by atoms with E-state index in [1.165, 1.54) is 16.8 Å². The second-order valence-corrected chi connectivity index (χ2v) is 5.05. The van der Waals surface area contributed by atoms with E-state index in [9.17, 15) is 0 Å². The van der Waals surface area contributed by atoms with Gasteiger partial charge in [-0.3, -0.25) is 0 Å². The van der Waals surface area contributed by atoms with Crippen LogP contribution in [0.4, 0.5) is 11.4 Å². The molecule has 104 valence electrons. The highest BCUT2D eigenvalue weighted by atomic mass is 16.5. The van der Waals surface area contributed by atoms with Crippen molar-refractivity contribution in [3.63, 3.8) is 0 Å². The van der Waals surface area contributed by atoms with Crippen LogP contribution in [-0.2, 0) is 13.0 Å². The fraction of sp³-hybridized carbons (Fsp3) is 0.312. The lowest BCUT2D eigenvalue weighted by atomic mass is 10.1. The zero-order chi connectivity index (χ0) is 13.9. The van der Waals surface area contributed by atoms with Crippen LogP contribution in [-0.4, -0.2) is 25.7 Å². The first kappa shape index (κ1) is 12.8. The van der Waals surface area contributed by atoms with Crippen molar-refractivity contribution in [3.8, 4) is 5.88 Å². The normalized spacial score (nSPS) is 13.2. The minimum absolute atomic E-state index is 0.633. The van der Waals surface area contributed by atoms with Gasteiger partial charge in [-0.05, 0) is 35.7 Å². The van der Waals surface area contributed by atoms with Gasteiger partial charge < -0.3 is 15.0 Å². The lowest BCUT2D eigenvalue weighted by Gasteiger charge is -2.13. The SMILES string of the molecule is COc1ncccc1NCc1ccc2c(c1)CCN2C. The van der Waals surface area contributed by atoms with Crippen LogP contribution in [0.25, 0.3) is 0 Å². The molecule has 2 aromatic rings. The third-order valence-corrected chi connectivity index (χ3v) is 3.72. The van der Waals surface area contributed by atoms with Crippen LogP contribution in [0.1, 0.15) is 11.1 Å². The summed E-state index contributed by atoms with van der Waals surface area (Å²) in [6.45, 7) is 1.89. The summed E-state index contributed by atoms with van der Waals surface area (Å²) in [7, 11) is 3.78. The van der Waals surface area contributed by atoms with Crippen LogP contribution < -0.4 is 15.0 Å². The number of pyridine rings is 1. The van der Waals surface area contributed by atoms with Crippen molar-refractivity contribution < 1.29 is 4.74 Å². The third kappa shape index (κ3) is 2.41. The number of nitrogens with one attached hydrogen (secondary N) is 1. The molecule has 20 heavy (non-hydrogen) atoms. The minimum atomic E-state index is 0.633. The Kier molecular flexibility index (Phi) is 3.46. The van der Waals surface area contributed by atoms with E-state index in [-0.39, 0.29) is 0 Å². The van der Waals surface area contributed by atoms with E-state index < -0.39 is 0 Å². The summed E-state index contributed by atoms with van der Waals surface area (Å²) in [6.07, 6.45) is 2.87. The Bertz CT molecular complexity index is 612. The number of nitrogens with zero attached hydrogens (tertiary/aromatic N) is 2. The van der Waals surface area contributed by atoms with Crippen LogP contribution in [0, 0.1) is 0 Å². The number of methoxy groups -OCH3 is 1. The van der Waals surface area contributed by atoms with E-state index >= 15 is 0 Å². The topological polar surface area (TPSA) is 37.4 Å². The molecule has 4 nitrogen and oxygen atoms in total. The lowest BCUT2D eigenvalue weighted by molar-refractivity contribution is 0.399. The summed E-state index contributed by atoms with van der Waals surface area (Å²) < 4.78 is 5.24. The van der Waals surface area contributed by atoms with Crippen molar-refractivity contribution in [2.24, 2.45) is 0 Å². The van der Waals surface area contributed by atoms with Gasteiger partial charge in [0.1, 0.15) is 0 Å². The second kappa shape index (κ2) is 5.41. The van der Waals surface area contributed by atoms with Crippen molar-refractivity contribution in [1.82, 2.24) is 4.98 Å². The van der Waals surface area contributed by atoms with Gasteiger partial charge in [-0.1, -0.05) is 12.1 Å². The molecule has 1 aromatic heterocycles. The first-order valence-electron chi connectivity index (χ1n) is 6.84. The van der Waals surface area contributed by atoms with Crippen LogP contribution >= 0.6 is 0 Å². The molecule has 1 aliphatic heterocycles. The molecule has 0 saturated carbocycles. The van der Waals surface area contributed by atoms with Crippen LogP contribution in [0.5, 0.6) is 5.88 Å². The quantitative estimate of drug-likeness (QED) is 0.926. The number of hydrogen-bond donors (Lipinski definition) is 1. The van der Waals surface area contributed by atoms with Gasteiger partial charge in [-0.15, -0.1) is 0 Å². The fourth-order valence-electron chi connectivity index (χ4n) is 2.62. The smallest absolute Gasteiger partial charge is 0.237 e. The molecular weight excluding hydrogens is 250 g/mol. The first-order valence-corrected chi connectivity index (χ1v) is 6.84. The lowest BCUT2D eigenvalue weighted by Crippen LogP contribution is -2.12. The van der Waals surface area contributed by atoms with Crippen molar-refractivity contribution in [3.05, 3.63) is 47.7 Å². The van der Waals surface area contributed by atoms with E-state index in [1.54, 1.807) is 13.3 Å². The zero-order valence-corrected chi connectivity index (χ0v) is 11.9. The molecule has 0 saturated heterocycles. The number of ether oxygens (including phenoxy) is 1. The standard InChI is InChI=1S/C16H19N3O/c1-19-9-7-13-10-12(5-6-15(13)19)11-18-14-4-3-8-17-16(14)20-2/h3-6,8,10,18H,7,9,11H2,1-2H3. The molecule has 0 bridgehead atoms. The molecule has 1 N–H and O–H groups in total. The van der Waals surface area contributed by atoms with Crippen molar-refractivity contribution in [1.29, 1.82) is 0 Å². The molecule has 0 spiro atoms. The largest absolute Gasteiger partial charge is 0.480 e. The maximum Gasteiger partial charge on any atom is 0.237 e. The van der Waals surface area contributed by atoms with Gasteiger partial charge in [-0.2, -0.15) is 0 Å². The second-order valence-electron chi connectivity index (χ2n) is 5.05. The van der Waals surface area contributed by atoms with Gasteiger partial charge in [0.25, 0.3) is 0 Å². The number of aromatic nitrogens is 1. The number of benzene rings is 1. The van der Waals surface area contributed by atoms with Gasteiger partial charge in [-0.25, -0.2) is 4.98 Å². The van der Waals surface area contributed by atoms with E-state index in [0.29, 0.717) is 5.88 Å². The highest BCUT2D eigenvalue weighted by Gasteiger charge is 2.15. The summed E-state index contributed by atoms with van der Waals surface area (Å²) in [6, 6.07) is 10.6. The molecule has 0 radical (unpaired) electrons. The number of anilines is 2. The summed E-state index contributed by atoms with van der Waals surface area (Å²) in [5.74, 6) is 0.633. The van der Waals surface area contributed by atoms with Crippen molar-refractivity contribution >= 4 is 11.4 Å².